The van der Waals surface area contributed by atoms with E-state index in [1.165, 1.54) is 0 Å². The molecule has 1 saturated heterocycles. The number of anilines is 1. The molecule has 1 aliphatic rings. The molecule has 1 fully saturated rings. The molecular formula is C28H45N5O7. The van der Waals surface area contributed by atoms with Gasteiger partial charge in [0.25, 0.3) is 0 Å². The van der Waals surface area contributed by atoms with E-state index in [9.17, 15) is 24.3 Å². The number of aliphatic hydroxyl groups excluding tert-OH is 1. The smallest absolute Gasteiger partial charge is 0.303 e. The van der Waals surface area contributed by atoms with Crippen LogP contribution in [0.25, 0.3) is 0 Å². The Kier molecular flexibility index (Phi) is 13.8. The highest BCUT2D eigenvalue weighted by Gasteiger charge is 2.33. The Bertz CT molecular complexity index is 974. The minimum Gasteiger partial charge on any atom is -0.481 e. The number of nitrogens with one attached hydrogen (secondary N) is 4. The molecule has 12 nitrogen and oxygen atoms in total. The Morgan fingerprint density at radius 1 is 1.15 bits per heavy atom. The van der Waals surface area contributed by atoms with Gasteiger partial charge in [-0.15, -0.1) is 0 Å². The van der Waals surface area contributed by atoms with Crippen LogP contribution in [0.1, 0.15) is 64.4 Å². The molecule has 2 rings (SSSR count). The summed E-state index contributed by atoms with van der Waals surface area (Å²) in [7, 11) is 0. The highest BCUT2D eigenvalue weighted by atomic mass is 16.5. The zero-order valence-electron chi connectivity index (χ0n) is 23.7. The number of aliphatic hydroxyl groups is 1. The molecule has 1 heterocycles. The lowest BCUT2D eigenvalue weighted by Gasteiger charge is -2.29. The van der Waals surface area contributed by atoms with E-state index in [0.29, 0.717) is 38.7 Å². The summed E-state index contributed by atoms with van der Waals surface area (Å²) in [5.41, 5.74) is 7.81. The minimum atomic E-state index is -1.14. The lowest BCUT2D eigenvalue weighted by atomic mass is 10.0. The Labute approximate surface area is 235 Å². The number of ether oxygens (including phenoxy) is 1. The Hall–Kier alpha value is -3.22. The van der Waals surface area contributed by atoms with Crippen LogP contribution in [0.4, 0.5) is 5.69 Å². The lowest BCUT2D eigenvalue weighted by molar-refractivity contribution is -0.138. The molecule has 1 aromatic carbocycles. The standard InChI is InChI=1S/C28H45N5O7/c1-4-7-22-27(38)31-21(23(34)16-30-19-11-9-17(2)10-12-19)8-5-6-15-40-18(3)25(28(39)32-22)33-26(37)20(29)13-14-24(35)36/h9-12,18,20-23,25,30,34H,4-8,13-16,29H2,1-3H3,(H,31,38)(H,32,39)(H,33,37)(H,35,36)/t18-,20+,21+,22+,23-,25+/m1/s1. The fourth-order valence-electron chi connectivity index (χ4n) is 4.40. The summed E-state index contributed by atoms with van der Waals surface area (Å²) in [4.78, 5) is 50.1. The molecule has 224 valence electrons. The van der Waals surface area contributed by atoms with Crippen LogP contribution in [0.15, 0.2) is 24.3 Å². The van der Waals surface area contributed by atoms with Gasteiger partial charge in [-0.3, -0.25) is 19.2 Å². The Morgan fingerprint density at radius 2 is 1.85 bits per heavy atom. The number of carbonyl (C=O) groups excluding carboxylic acids is 3. The first-order chi connectivity index (χ1) is 19.0. The van der Waals surface area contributed by atoms with Gasteiger partial charge < -0.3 is 42.0 Å². The summed E-state index contributed by atoms with van der Waals surface area (Å²) in [5.74, 6) is -2.80. The fraction of sp³-hybridized carbons (Fsp3) is 0.643. The van der Waals surface area contributed by atoms with Crippen LogP contribution in [-0.4, -0.2) is 83.4 Å². The number of rotatable bonds is 11. The summed E-state index contributed by atoms with van der Waals surface area (Å²) in [6.07, 6.45) is 0.710. The highest BCUT2D eigenvalue weighted by molar-refractivity contribution is 5.93. The number of carboxylic acid groups (broad SMARTS) is 1. The van der Waals surface area contributed by atoms with E-state index in [-0.39, 0.29) is 19.4 Å². The first-order valence-corrected chi connectivity index (χ1v) is 14.0. The van der Waals surface area contributed by atoms with Gasteiger partial charge >= 0.3 is 5.97 Å². The number of hydrogen-bond donors (Lipinski definition) is 7. The molecule has 0 aromatic heterocycles. The fourth-order valence-corrected chi connectivity index (χ4v) is 4.40. The van der Waals surface area contributed by atoms with E-state index in [2.05, 4.69) is 21.3 Å². The molecule has 3 amide bonds. The number of hydrogen-bond acceptors (Lipinski definition) is 8. The second-order valence-electron chi connectivity index (χ2n) is 10.4. The van der Waals surface area contributed by atoms with Crippen LogP contribution in [0, 0.1) is 6.92 Å². The van der Waals surface area contributed by atoms with E-state index in [1.54, 1.807) is 6.92 Å². The summed E-state index contributed by atoms with van der Waals surface area (Å²) < 4.78 is 5.86. The summed E-state index contributed by atoms with van der Waals surface area (Å²) in [6, 6.07) is 4.06. The zero-order chi connectivity index (χ0) is 29.7. The predicted molar refractivity (Wildman–Crippen MR) is 150 cm³/mol. The van der Waals surface area contributed by atoms with Crippen LogP contribution in [-0.2, 0) is 23.9 Å². The first kappa shape index (κ1) is 33.0. The number of benzene rings is 1. The van der Waals surface area contributed by atoms with Gasteiger partial charge in [-0.25, -0.2) is 0 Å². The molecule has 0 aliphatic carbocycles. The normalized spacial score (nSPS) is 24.2. The maximum Gasteiger partial charge on any atom is 0.303 e. The summed E-state index contributed by atoms with van der Waals surface area (Å²) in [6.45, 7) is 6.03. The highest BCUT2D eigenvalue weighted by Crippen LogP contribution is 2.13. The molecule has 0 saturated carbocycles. The number of aliphatic carboxylic acids is 1. The number of nitrogens with two attached hydrogens (primary N) is 1. The molecule has 0 bridgehead atoms. The molecule has 0 spiro atoms. The van der Waals surface area contributed by atoms with E-state index in [1.807, 2.05) is 38.1 Å². The van der Waals surface area contributed by atoms with Gasteiger partial charge in [0.1, 0.15) is 12.1 Å². The Balaban J connectivity index is 2.14. The van der Waals surface area contributed by atoms with Gasteiger partial charge in [-0.1, -0.05) is 31.0 Å². The van der Waals surface area contributed by atoms with Crippen molar-refractivity contribution in [2.75, 3.05) is 18.5 Å². The number of carbonyl (C=O) groups is 4. The minimum absolute atomic E-state index is 0.0892. The lowest BCUT2D eigenvalue weighted by Crippen LogP contribution is -2.60. The van der Waals surface area contributed by atoms with Crippen LogP contribution < -0.4 is 27.0 Å². The Morgan fingerprint density at radius 3 is 2.50 bits per heavy atom. The van der Waals surface area contributed by atoms with Gasteiger partial charge in [0, 0.05) is 25.3 Å². The first-order valence-electron chi connectivity index (χ1n) is 14.0. The van der Waals surface area contributed by atoms with Gasteiger partial charge in [-0.2, -0.15) is 0 Å². The molecular weight excluding hydrogens is 518 g/mol. The van der Waals surface area contributed by atoms with Crippen molar-refractivity contribution >= 4 is 29.4 Å². The van der Waals surface area contributed by atoms with Crippen LogP contribution >= 0.6 is 0 Å². The SMILES string of the molecule is CCC[C@@H]1NC(=O)[C@@H](NC(=O)[C@@H](N)CCC(=O)O)[C@@H](C)OCCCC[C@@H]([C@H](O)CNc2ccc(C)cc2)NC1=O. The molecule has 1 aliphatic heterocycles. The number of carboxylic acids is 1. The van der Waals surface area contributed by atoms with Crippen LogP contribution in [0.2, 0.25) is 0 Å². The van der Waals surface area contributed by atoms with E-state index in [0.717, 1.165) is 11.3 Å². The van der Waals surface area contributed by atoms with E-state index >= 15 is 0 Å². The van der Waals surface area contributed by atoms with Gasteiger partial charge in [0.2, 0.25) is 17.7 Å². The van der Waals surface area contributed by atoms with Crippen molar-refractivity contribution in [3.63, 3.8) is 0 Å². The van der Waals surface area contributed by atoms with Crippen molar-refractivity contribution in [3.05, 3.63) is 29.8 Å². The monoisotopic (exact) mass is 563 g/mol. The largest absolute Gasteiger partial charge is 0.481 e. The van der Waals surface area contributed by atoms with Crippen molar-refractivity contribution in [1.82, 2.24) is 16.0 Å². The second-order valence-corrected chi connectivity index (χ2v) is 10.4. The topological polar surface area (TPSA) is 192 Å². The second kappa shape index (κ2) is 16.8. The van der Waals surface area contributed by atoms with E-state index < -0.39 is 60.1 Å². The van der Waals surface area contributed by atoms with Gasteiger partial charge in [-0.05, 0) is 58.1 Å². The van der Waals surface area contributed by atoms with Crippen molar-refractivity contribution in [3.8, 4) is 0 Å². The number of amides is 3. The molecule has 0 unspecified atom stereocenters. The van der Waals surface area contributed by atoms with Crippen molar-refractivity contribution < 1.29 is 34.1 Å². The average Bonchev–Trinajstić information content (AvgIpc) is 2.92. The van der Waals surface area contributed by atoms with Crippen molar-refractivity contribution in [1.29, 1.82) is 0 Å². The van der Waals surface area contributed by atoms with Gasteiger partial charge in [0.15, 0.2) is 0 Å². The molecule has 40 heavy (non-hydrogen) atoms. The number of aryl methyl sites for hydroxylation is 1. The van der Waals surface area contributed by atoms with Gasteiger partial charge in [0.05, 0.1) is 24.3 Å². The molecule has 1 aromatic rings. The quantitative estimate of drug-likeness (QED) is 0.204. The molecule has 12 heteroatoms. The van der Waals surface area contributed by atoms with Crippen LogP contribution in [0.3, 0.4) is 0 Å². The molecule has 8 N–H and O–H groups in total. The third-order valence-corrected chi connectivity index (χ3v) is 6.92. The van der Waals surface area contributed by atoms with Crippen LogP contribution in [0.5, 0.6) is 0 Å². The summed E-state index contributed by atoms with van der Waals surface area (Å²) >= 11 is 0. The van der Waals surface area contributed by atoms with E-state index in [4.69, 9.17) is 15.6 Å². The molecule has 6 atom stereocenters. The predicted octanol–water partition coefficient (Wildman–Crippen LogP) is 0.803. The maximum absolute atomic E-state index is 13.3. The zero-order valence-corrected chi connectivity index (χ0v) is 23.7. The average molecular weight is 564 g/mol. The maximum atomic E-state index is 13.3. The molecule has 0 radical (unpaired) electrons. The van der Waals surface area contributed by atoms with Crippen molar-refractivity contribution in [2.24, 2.45) is 5.73 Å². The van der Waals surface area contributed by atoms with Crippen molar-refractivity contribution in [2.45, 2.75) is 102 Å². The third-order valence-electron chi connectivity index (χ3n) is 6.92. The third kappa shape index (κ3) is 11.1. The summed E-state index contributed by atoms with van der Waals surface area (Å²) in [5, 5.41) is 31.2.